The standard InChI is InChI=1S/C85H54N2S/c1-3-22-61(23-4-1)85(62-24-5-2-6-25-62,78-36-19-35-74-73-34-13-16-39-83(73)88-84(74)78)63-26-18-27-65(54-63)87-80-38-15-12-33-72(80)77-53-60(44-49-82(77)87)59-43-48-81-76(52-59)71-32-11-14-37-79(71)86(81)64-45-40-55(41-46-64)56-20-17-21-57(50-56)58-42-47-70-68-30-8-7-28-66(68)67-29-9-10-31-69(67)75(70)51-58/h1-54H. The molecule has 0 N–H and O–H groups in total. The third kappa shape index (κ3) is 7.67. The van der Waals surface area contributed by atoms with E-state index in [1.807, 2.05) is 11.3 Å². The molecule has 0 atom stereocenters. The summed E-state index contributed by atoms with van der Waals surface area (Å²) in [5.74, 6) is 0. The van der Waals surface area contributed by atoms with Crippen LogP contribution in [0.2, 0.25) is 0 Å². The van der Waals surface area contributed by atoms with Gasteiger partial charge in [-0.15, -0.1) is 11.3 Å². The van der Waals surface area contributed by atoms with Crippen LogP contribution < -0.4 is 0 Å². The summed E-state index contributed by atoms with van der Waals surface area (Å²) < 4.78 is 7.51. The van der Waals surface area contributed by atoms with Crippen molar-refractivity contribution in [2.24, 2.45) is 0 Å². The van der Waals surface area contributed by atoms with Crippen molar-refractivity contribution in [3.8, 4) is 44.8 Å². The van der Waals surface area contributed by atoms with Gasteiger partial charge in [0, 0.05) is 53.1 Å². The smallest absolute Gasteiger partial charge is 0.0716 e. The third-order valence-electron chi connectivity index (χ3n) is 18.8. The molecule has 0 bridgehead atoms. The van der Waals surface area contributed by atoms with Crippen LogP contribution in [0.25, 0.3) is 141 Å². The Hall–Kier alpha value is -11.1. The fourth-order valence-corrected chi connectivity index (χ4v) is 16.2. The van der Waals surface area contributed by atoms with Gasteiger partial charge in [0.25, 0.3) is 0 Å². The van der Waals surface area contributed by atoms with Gasteiger partial charge in [-0.05, 0) is 167 Å². The van der Waals surface area contributed by atoms with Gasteiger partial charge in [-0.1, -0.05) is 249 Å². The SMILES string of the molecule is c1ccc(C(c2ccccc2)(c2cccc(-n3c4ccccc4c4cc(-c5ccc6c(c5)c5ccccc5n6-c5ccc(-c6cccc(-c7ccc8c9ccccc9c9ccccc9c8c7)c6)cc5)ccc43)c2)c2cccc3c2sc2ccccc23)cc1. The Morgan fingerprint density at radius 1 is 0.216 bits per heavy atom. The first-order valence-corrected chi connectivity index (χ1v) is 31.2. The maximum atomic E-state index is 2.48. The molecule has 0 radical (unpaired) electrons. The summed E-state index contributed by atoms with van der Waals surface area (Å²) in [6.45, 7) is 0. The second-order valence-corrected chi connectivity index (χ2v) is 24.5. The number of aromatic nitrogens is 2. The van der Waals surface area contributed by atoms with Crippen LogP contribution in [0, 0.1) is 0 Å². The van der Waals surface area contributed by atoms with Crippen molar-refractivity contribution in [1.29, 1.82) is 0 Å². The van der Waals surface area contributed by atoms with E-state index in [1.54, 1.807) is 0 Å². The minimum absolute atomic E-state index is 0.643. The van der Waals surface area contributed by atoms with E-state index in [4.69, 9.17) is 0 Å². The van der Waals surface area contributed by atoms with Crippen molar-refractivity contribution in [3.63, 3.8) is 0 Å². The van der Waals surface area contributed by atoms with Crippen LogP contribution in [0.3, 0.4) is 0 Å². The van der Waals surface area contributed by atoms with E-state index >= 15 is 0 Å². The fourth-order valence-electron chi connectivity index (χ4n) is 14.9. The predicted molar refractivity (Wildman–Crippen MR) is 375 cm³/mol. The molecule has 0 saturated carbocycles. The summed E-state index contributed by atoms with van der Waals surface area (Å²) in [7, 11) is 0. The third-order valence-corrected chi connectivity index (χ3v) is 20.1. The van der Waals surface area contributed by atoms with Crippen molar-refractivity contribution in [2.75, 3.05) is 0 Å². The largest absolute Gasteiger partial charge is 0.309 e. The molecule has 2 nitrogen and oxygen atoms in total. The molecule has 15 aromatic carbocycles. The van der Waals surface area contributed by atoms with Crippen LogP contribution >= 0.6 is 11.3 Å². The lowest BCUT2D eigenvalue weighted by Gasteiger charge is -2.37. The van der Waals surface area contributed by atoms with Gasteiger partial charge in [0.05, 0.1) is 27.5 Å². The Morgan fingerprint density at radius 2 is 0.625 bits per heavy atom. The average molecular weight is 1140 g/mol. The second kappa shape index (κ2) is 20.0. The Kier molecular flexibility index (Phi) is 11.4. The molecule has 18 aromatic rings. The molecule has 0 aliphatic rings. The van der Waals surface area contributed by atoms with Gasteiger partial charge in [-0.2, -0.15) is 0 Å². The van der Waals surface area contributed by atoms with E-state index in [2.05, 4.69) is 337 Å². The number of rotatable bonds is 9. The number of hydrogen-bond donors (Lipinski definition) is 0. The van der Waals surface area contributed by atoms with Gasteiger partial charge in [0.1, 0.15) is 0 Å². The topological polar surface area (TPSA) is 9.86 Å². The zero-order valence-corrected chi connectivity index (χ0v) is 48.8. The number of para-hydroxylation sites is 2. The summed E-state index contributed by atoms with van der Waals surface area (Å²) in [6, 6.07) is 122. The van der Waals surface area contributed by atoms with Gasteiger partial charge in [-0.25, -0.2) is 0 Å². The minimum Gasteiger partial charge on any atom is -0.309 e. The van der Waals surface area contributed by atoms with Crippen molar-refractivity contribution >= 4 is 107 Å². The van der Waals surface area contributed by atoms with Crippen LogP contribution in [0.15, 0.2) is 328 Å². The van der Waals surface area contributed by atoms with Crippen molar-refractivity contribution < 1.29 is 0 Å². The molecule has 0 saturated heterocycles. The highest BCUT2D eigenvalue weighted by atomic mass is 32.1. The first kappa shape index (κ1) is 50.2. The lowest BCUT2D eigenvalue weighted by Crippen LogP contribution is -2.31. The summed E-state index contributed by atoms with van der Waals surface area (Å²) in [4.78, 5) is 0. The van der Waals surface area contributed by atoms with Gasteiger partial charge in [0.15, 0.2) is 0 Å². The monoisotopic (exact) mass is 1130 g/mol. The molecule has 3 heterocycles. The van der Waals surface area contributed by atoms with E-state index in [-0.39, 0.29) is 0 Å². The molecule has 88 heavy (non-hydrogen) atoms. The van der Waals surface area contributed by atoms with Crippen molar-refractivity contribution in [3.05, 3.63) is 350 Å². The maximum absolute atomic E-state index is 2.48. The van der Waals surface area contributed by atoms with E-state index in [9.17, 15) is 0 Å². The van der Waals surface area contributed by atoms with Crippen LogP contribution in [-0.4, -0.2) is 9.13 Å². The van der Waals surface area contributed by atoms with E-state index in [0.29, 0.717) is 0 Å². The Balaban J connectivity index is 0.718. The summed E-state index contributed by atoms with van der Waals surface area (Å²) in [6.07, 6.45) is 0. The molecule has 0 fully saturated rings. The lowest BCUT2D eigenvalue weighted by atomic mass is 9.65. The first-order valence-electron chi connectivity index (χ1n) is 30.4. The van der Waals surface area contributed by atoms with Crippen LogP contribution in [0.1, 0.15) is 22.3 Å². The van der Waals surface area contributed by atoms with Crippen molar-refractivity contribution in [2.45, 2.75) is 5.41 Å². The molecule has 3 aromatic heterocycles. The van der Waals surface area contributed by atoms with E-state index in [1.165, 1.54) is 152 Å². The molecule has 18 rings (SSSR count). The number of thiophene rings is 1. The second-order valence-electron chi connectivity index (χ2n) is 23.5. The number of hydrogen-bond acceptors (Lipinski definition) is 1. The van der Waals surface area contributed by atoms with Crippen LogP contribution in [-0.2, 0) is 5.41 Å². The molecule has 3 heteroatoms. The molecular formula is C85H54N2S. The number of nitrogens with zero attached hydrogens (tertiary/aromatic N) is 2. The Bertz CT molecular complexity index is 5730. The van der Waals surface area contributed by atoms with Gasteiger partial charge in [-0.3, -0.25) is 0 Å². The Morgan fingerprint density at radius 3 is 1.24 bits per heavy atom. The Labute approximate surface area is 513 Å². The molecule has 0 spiro atoms. The summed E-state index contributed by atoms with van der Waals surface area (Å²) in [5, 5.41) is 15.2. The first-order chi connectivity index (χ1) is 43.6. The molecule has 0 unspecified atom stereocenters. The fraction of sp³-hybridized carbons (Fsp3) is 0.0118. The highest BCUT2D eigenvalue weighted by Crippen LogP contribution is 2.51. The van der Waals surface area contributed by atoms with Crippen LogP contribution in [0.4, 0.5) is 0 Å². The van der Waals surface area contributed by atoms with Gasteiger partial charge < -0.3 is 9.13 Å². The van der Waals surface area contributed by atoms with Crippen molar-refractivity contribution in [1.82, 2.24) is 9.13 Å². The zero-order chi connectivity index (χ0) is 57.9. The van der Waals surface area contributed by atoms with Crippen LogP contribution in [0.5, 0.6) is 0 Å². The van der Waals surface area contributed by atoms with E-state index in [0.717, 1.165) is 11.4 Å². The predicted octanol–water partition coefficient (Wildman–Crippen LogP) is 23.1. The number of benzene rings is 15. The number of fused-ring (bicyclic) bond motifs is 15. The molecule has 0 aliphatic carbocycles. The summed E-state index contributed by atoms with van der Waals surface area (Å²) in [5.41, 5.74) is 18.4. The quantitative estimate of drug-likeness (QED) is 0.101. The molecule has 0 aliphatic heterocycles. The highest BCUT2D eigenvalue weighted by Gasteiger charge is 2.40. The average Bonchev–Trinajstić information content (AvgIpc) is 1.26. The van der Waals surface area contributed by atoms with Gasteiger partial charge >= 0.3 is 0 Å². The summed E-state index contributed by atoms with van der Waals surface area (Å²) >= 11 is 1.90. The normalized spacial score (nSPS) is 12.1. The zero-order valence-electron chi connectivity index (χ0n) is 48.0. The molecular weight excluding hydrogens is 1080 g/mol. The lowest BCUT2D eigenvalue weighted by molar-refractivity contribution is 0.752. The maximum Gasteiger partial charge on any atom is 0.0716 e. The van der Waals surface area contributed by atoms with Gasteiger partial charge in [0.2, 0.25) is 0 Å². The molecule has 410 valence electrons. The highest BCUT2D eigenvalue weighted by molar-refractivity contribution is 7.26. The van der Waals surface area contributed by atoms with E-state index < -0.39 is 5.41 Å². The molecule has 0 amide bonds. The minimum atomic E-state index is -0.643.